The molecule has 1 atom stereocenters. The molecule has 2 rings (SSSR count). The van der Waals surface area contributed by atoms with Crippen LogP contribution < -0.4 is 5.32 Å². The van der Waals surface area contributed by atoms with Crippen LogP contribution in [0.1, 0.15) is 17.5 Å². The topological polar surface area (TPSA) is 90.3 Å². The first-order valence-electron chi connectivity index (χ1n) is 7.05. The van der Waals surface area contributed by atoms with Crippen LogP contribution >= 0.6 is 0 Å². The summed E-state index contributed by atoms with van der Waals surface area (Å²) in [6.07, 6.45) is 0.488. The number of amides is 1. The van der Waals surface area contributed by atoms with Gasteiger partial charge in [0, 0.05) is 12.6 Å². The molecule has 0 aromatic heterocycles. The number of likely N-dealkylation sites (N-methyl/N-ethyl adjacent to an activating group) is 1. The second-order valence-corrected chi connectivity index (χ2v) is 7.88. The summed E-state index contributed by atoms with van der Waals surface area (Å²) in [5.41, 5.74) is 1.55. The smallest absolute Gasteiger partial charge is 0.234 e. The van der Waals surface area contributed by atoms with E-state index < -0.39 is 9.84 Å². The van der Waals surface area contributed by atoms with Crippen LogP contribution in [0.25, 0.3) is 0 Å². The number of nitrogens with zero attached hydrogens (tertiary/aromatic N) is 2. The second kappa shape index (κ2) is 6.90. The van der Waals surface area contributed by atoms with Crippen molar-refractivity contribution in [2.75, 3.05) is 25.1 Å². The van der Waals surface area contributed by atoms with Crippen molar-refractivity contribution >= 4 is 15.7 Å². The van der Waals surface area contributed by atoms with E-state index in [1.54, 1.807) is 12.1 Å². The molecule has 1 unspecified atom stereocenters. The lowest BCUT2D eigenvalue weighted by Crippen LogP contribution is -2.41. The predicted octanol–water partition coefficient (Wildman–Crippen LogP) is 0.293. The van der Waals surface area contributed by atoms with Crippen molar-refractivity contribution in [3.05, 3.63) is 35.4 Å². The first kappa shape index (κ1) is 16.5. The number of hydrogen-bond donors (Lipinski definition) is 1. The van der Waals surface area contributed by atoms with Crippen molar-refractivity contribution in [3.63, 3.8) is 0 Å². The molecule has 1 aliphatic heterocycles. The number of carbonyl (C=O) groups is 1. The van der Waals surface area contributed by atoms with Gasteiger partial charge in [0.25, 0.3) is 0 Å². The summed E-state index contributed by atoms with van der Waals surface area (Å²) in [6, 6.07) is 9.05. The summed E-state index contributed by atoms with van der Waals surface area (Å²) >= 11 is 0. The zero-order chi connectivity index (χ0) is 16.2. The Kier molecular flexibility index (Phi) is 5.16. The fraction of sp³-hybridized carbons (Fsp3) is 0.467. The Morgan fingerprint density at radius 3 is 2.91 bits per heavy atom. The molecule has 118 valence electrons. The van der Waals surface area contributed by atoms with Crippen LogP contribution in [0.3, 0.4) is 0 Å². The van der Waals surface area contributed by atoms with Crippen molar-refractivity contribution < 1.29 is 13.2 Å². The van der Waals surface area contributed by atoms with Crippen LogP contribution in [-0.4, -0.2) is 50.4 Å². The van der Waals surface area contributed by atoms with E-state index in [2.05, 4.69) is 11.4 Å². The molecule has 1 aromatic rings. The number of carbonyl (C=O) groups excluding carboxylic acids is 1. The third-order valence-electron chi connectivity index (χ3n) is 3.52. The van der Waals surface area contributed by atoms with Crippen molar-refractivity contribution in [1.29, 1.82) is 5.26 Å². The van der Waals surface area contributed by atoms with Crippen molar-refractivity contribution in [2.24, 2.45) is 0 Å². The number of rotatable bonds is 5. The molecule has 0 saturated carbocycles. The van der Waals surface area contributed by atoms with Gasteiger partial charge in [-0.2, -0.15) is 5.26 Å². The zero-order valence-corrected chi connectivity index (χ0v) is 13.3. The number of hydrogen-bond acceptors (Lipinski definition) is 5. The van der Waals surface area contributed by atoms with Gasteiger partial charge in [-0.25, -0.2) is 8.42 Å². The molecule has 1 amide bonds. The first-order chi connectivity index (χ1) is 10.4. The average Bonchev–Trinajstić information content (AvgIpc) is 2.77. The lowest BCUT2D eigenvalue weighted by Gasteiger charge is -2.18. The summed E-state index contributed by atoms with van der Waals surface area (Å²) in [7, 11) is -1.18. The Balaban J connectivity index is 1.82. The molecule has 7 heteroatoms. The molecule has 1 N–H and O–H groups in total. The lowest BCUT2D eigenvalue weighted by molar-refractivity contribution is -0.122. The van der Waals surface area contributed by atoms with Crippen molar-refractivity contribution in [2.45, 2.75) is 19.0 Å². The minimum atomic E-state index is -2.98. The molecule has 0 bridgehead atoms. The second-order valence-electron chi connectivity index (χ2n) is 5.65. The Morgan fingerprint density at radius 2 is 2.27 bits per heavy atom. The van der Waals surface area contributed by atoms with E-state index in [1.807, 2.05) is 24.1 Å². The van der Waals surface area contributed by atoms with E-state index in [9.17, 15) is 13.2 Å². The molecule has 1 aliphatic rings. The average molecular weight is 321 g/mol. The molecule has 6 nitrogen and oxygen atoms in total. The van der Waals surface area contributed by atoms with E-state index in [-0.39, 0.29) is 30.0 Å². The number of sulfone groups is 1. The first-order valence-corrected chi connectivity index (χ1v) is 8.87. The van der Waals surface area contributed by atoms with Crippen molar-refractivity contribution in [3.8, 4) is 6.07 Å². The minimum Gasteiger partial charge on any atom is -0.351 e. The molecule has 0 radical (unpaired) electrons. The van der Waals surface area contributed by atoms with E-state index in [0.717, 1.165) is 5.56 Å². The lowest BCUT2D eigenvalue weighted by atomic mass is 10.1. The Morgan fingerprint density at radius 1 is 1.50 bits per heavy atom. The quantitative estimate of drug-likeness (QED) is 0.842. The van der Waals surface area contributed by atoms with Crippen molar-refractivity contribution in [1.82, 2.24) is 10.2 Å². The van der Waals surface area contributed by atoms with E-state index in [4.69, 9.17) is 5.26 Å². The summed E-state index contributed by atoms with van der Waals surface area (Å²) in [5.74, 6) is 0.00236. The van der Waals surface area contributed by atoms with Crippen LogP contribution in [-0.2, 0) is 21.2 Å². The summed E-state index contributed by atoms with van der Waals surface area (Å²) in [5, 5.41) is 11.6. The number of benzene rings is 1. The minimum absolute atomic E-state index is 0.0344. The SMILES string of the molecule is CN(CC(=O)NC1CCS(=O)(=O)C1)Cc1cccc(C#N)c1. The zero-order valence-electron chi connectivity index (χ0n) is 12.4. The van der Waals surface area contributed by atoms with Gasteiger partial charge in [-0.15, -0.1) is 0 Å². The Bertz CT molecular complexity index is 694. The molecular weight excluding hydrogens is 302 g/mol. The van der Waals surface area contributed by atoms with Gasteiger partial charge >= 0.3 is 0 Å². The monoisotopic (exact) mass is 321 g/mol. The van der Waals surface area contributed by atoms with Gasteiger partial charge in [-0.3, -0.25) is 9.69 Å². The van der Waals surface area contributed by atoms with Gasteiger partial charge in [0.2, 0.25) is 5.91 Å². The fourth-order valence-electron chi connectivity index (χ4n) is 2.53. The summed E-state index contributed by atoms with van der Waals surface area (Å²) in [4.78, 5) is 13.8. The Labute approximate surface area is 130 Å². The maximum atomic E-state index is 11.9. The maximum absolute atomic E-state index is 11.9. The van der Waals surface area contributed by atoms with Gasteiger partial charge in [0.15, 0.2) is 9.84 Å². The van der Waals surface area contributed by atoms with Gasteiger partial charge in [-0.1, -0.05) is 12.1 Å². The number of nitriles is 1. The molecule has 0 spiro atoms. The standard InChI is InChI=1S/C15H19N3O3S/c1-18(9-13-4-2-3-12(7-13)8-16)10-15(19)17-14-5-6-22(20,21)11-14/h2-4,7,14H,5-6,9-11H2,1H3,(H,17,19). The van der Waals surface area contributed by atoms with E-state index in [0.29, 0.717) is 18.5 Å². The largest absolute Gasteiger partial charge is 0.351 e. The molecule has 22 heavy (non-hydrogen) atoms. The third-order valence-corrected chi connectivity index (χ3v) is 5.29. The van der Waals surface area contributed by atoms with Crippen LogP contribution in [0.2, 0.25) is 0 Å². The summed E-state index contributed by atoms with van der Waals surface area (Å²) < 4.78 is 22.7. The van der Waals surface area contributed by atoms with E-state index in [1.165, 1.54) is 0 Å². The highest BCUT2D eigenvalue weighted by Crippen LogP contribution is 2.11. The molecule has 1 saturated heterocycles. The normalized spacial score (nSPS) is 19.8. The third kappa shape index (κ3) is 4.83. The highest BCUT2D eigenvalue weighted by molar-refractivity contribution is 7.91. The number of nitrogens with one attached hydrogen (secondary N) is 1. The molecule has 1 fully saturated rings. The van der Waals surface area contributed by atoms with Gasteiger partial charge in [0.05, 0.1) is 29.7 Å². The van der Waals surface area contributed by atoms with Gasteiger partial charge in [0.1, 0.15) is 0 Å². The van der Waals surface area contributed by atoms with Gasteiger partial charge < -0.3 is 5.32 Å². The molecule has 0 aliphatic carbocycles. The highest BCUT2D eigenvalue weighted by Gasteiger charge is 2.28. The molecular formula is C15H19N3O3S. The molecule has 1 heterocycles. The maximum Gasteiger partial charge on any atom is 0.234 e. The van der Waals surface area contributed by atoms with Crippen LogP contribution in [0.15, 0.2) is 24.3 Å². The molecule has 1 aromatic carbocycles. The van der Waals surface area contributed by atoms with Crippen LogP contribution in [0.4, 0.5) is 0 Å². The van der Waals surface area contributed by atoms with Crippen LogP contribution in [0, 0.1) is 11.3 Å². The highest BCUT2D eigenvalue weighted by atomic mass is 32.2. The summed E-state index contributed by atoms with van der Waals surface area (Å²) in [6.45, 7) is 0.735. The Hall–Kier alpha value is -1.91. The fourth-order valence-corrected chi connectivity index (χ4v) is 4.21. The van der Waals surface area contributed by atoms with E-state index >= 15 is 0 Å². The van der Waals surface area contributed by atoms with Crippen LogP contribution in [0.5, 0.6) is 0 Å². The predicted molar refractivity (Wildman–Crippen MR) is 82.7 cm³/mol. The van der Waals surface area contributed by atoms with Gasteiger partial charge in [-0.05, 0) is 31.2 Å².